The average molecular weight is 391 g/mol. The first-order valence-corrected chi connectivity index (χ1v) is 10.5. The zero-order chi connectivity index (χ0) is 19.6. The number of pyridine rings is 1. The Morgan fingerprint density at radius 2 is 2.11 bits per heavy atom. The van der Waals surface area contributed by atoms with Crippen LogP contribution in [0.15, 0.2) is 23.3 Å². The lowest BCUT2D eigenvalue weighted by Crippen LogP contribution is -2.40. The molecule has 3 rings (SSSR count). The van der Waals surface area contributed by atoms with Crippen LogP contribution in [0, 0.1) is 11.8 Å². The summed E-state index contributed by atoms with van der Waals surface area (Å²) in [7, 11) is 1.70. The summed E-state index contributed by atoms with van der Waals surface area (Å²) in [5, 5.41) is 3.41. The van der Waals surface area contributed by atoms with Crippen LogP contribution in [-0.4, -0.2) is 69.0 Å². The van der Waals surface area contributed by atoms with E-state index in [4.69, 9.17) is 19.2 Å². The second-order valence-electron chi connectivity index (χ2n) is 7.60. The van der Waals surface area contributed by atoms with Gasteiger partial charge in [0.2, 0.25) is 5.88 Å². The molecule has 0 radical (unpaired) electrons. The second kappa shape index (κ2) is 11.2. The van der Waals surface area contributed by atoms with E-state index in [-0.39, 0.29) is 0 Å². The van der Waals surface area contributed by atoms with E-state index < -0.39 is 0 Å². The van der Waals surface area contributed by atoms with Gasteiger partial charge in [0.1, 0.15) is 0 Å². The minimum Gasteiger partial charge on any atom is -0.477 e. The quantitative estimate of drug-likeness (QED) is 0.355. The van der Waals surface area contributed by atoms with Gasteiger partial charge < -0.3 is 24.4 Å². The fourth-order valence-electron chi connectivity index (χ4n) is 3.22. The molecule has 1 aliphatic heterocycles. The molecular weight excluding hydrogens is 356 g/mol. The summed E-state index contributed by atoms with van der Waals surface area (Å²) >= 11 is 0. The topological polar surface area (TPSA) is 68.2 Å². The predicted molar refractivity (Wildman–Crippen MR) is 110 cm³/mol. The largest absolute Gasteiger partial charge is 0.477 e. The van der Waals surface area contributed by atoms with Crippen molar-refractivity contribution in [3.05, 3.63) is 23.9 Å². The number of guanidine groups is 1. The summed E-state index contributed by atoms with van der Waals surface area (Å²) in [4.78, 5) is 11.5. The molecule has 0 aromatic carbocycles. The Hall–Kier alpha value is -1.86. The van der Waals surface area contributed by atoms with Crippen molar-refractivity contribution >= 4 is 5.96 Å². The van der Waals surface area contributed by atoms with Gasteiger partial charge in [-0.15, -0.1) is 0 Å². The summed E-state index contributed by atoms with van der Waals surface area (Å²) in [6.07, 6.45) is 5.57. The highest BCUT2D eigenvalue weighted by molar-refractivity contribution is 5.80. The number of aliphatic imine (C=N–C) groups is 1. The molecule has 7 heteroatoms. The molecule has 2 aliphatic rings. The van der Waals surface area contributed by atoms with Crippen molar-refractivity contribution in [1.29, 1.82) is 0 Å². The molecule has 156 valence electrons. The third kappa shape index (κ3) is 6.95. The van der Waals surface area contributed by atoms with Crippen molar-refractivity contribution in [1.82, 2.24) is 15.2 Å². The molecule has 1 aliphatic carbocycles. The van der Waals surface area contributed by atoms with E-state index >= 15 is 0 Å². The smallest absolute Gasteiger partial charge is 0.213 e. The lowest BCUT2D eigenvalue weighted by molar-refractivity contribution is 0.0536. The number of rotatable bonds is 11. The van der Waals surface area contributed by atoms with Crippen molar-refractivity contribution in [2.75, 3.05) is 53.2 Å². The Kier molecular flexibility index (Phi) is 8.36. The van der Waals surface area contributed by atoms with E-state index in [1.54, 1.807) is 7.11 Å². The molecule has 28 heavy (non-hydrogen) atoms. The lowest BCUT2D eigenvalue weighted by atomic mass is 10.1. The van der Waals surface area contributed by atoms with Crippen molar-refractivity contribution in [2.24, 2.45) is 16.8 Å². The summed E-state index contributed by atoms with van der Waals surface area (Å²) in [6, 6.07) is 4.00. The monoisotopic (exact) mass is 390 g/mol. The van der Waals surface area contributed by atoms with Crippen molar-refractivity contribution in [3.8, 4) is 5.88 Å². The Labute approximate surface area is 168 Å². The van der Waals surface area contributed by atoms with Gasteiger partial charge in [0, 0.05) is 44.9 Å². The van der Waals surface area contributed by atoms with Crippen molar-refractivity contribution in [2.45, 2.75) is 32.7 Å². The van der Waals surface area contributed by atoms with E-state index in [1.165, 1.54) is 12.8 Å². The highest BCUT2D eigenvalue weighted by atomic mass is 16.5. The number of likely N-dealkylation sites (tertiary alicyclic amines) is 1. The molecule has 1 atom stereocenters. The van der Waals surface area contributed by atoms with Crippen LogP contribution in [0.25, 0.3) is 0 Å². The van der Waals surface area contributed by atoms with Crippen LogP contribution in [0.1, 0.15) is 31.7 Å². The minimum absolute atomic E-state index is 0.547. The van der Waals surface area contributed by atoms with Gasteiger partial charge in [-0.3, -0.25) is 0 Å². The fourth-order valence-corrected chi connectivity index (χ4v) is 3.22. The molecule has 1 saturated heterocycles. The van der Waals surface area contributed by atoms with Crippen LogP contribution < -0.4 is 10.1 Å². The van der Waals surface area contributed by atoms with Gasteiger partial charge in [0.25, 0.3) is 0 Å². The Morgan fingerprint density at radius 3 is 2.82 bits per heavy atom. The maximum absolute atomic E-state index is 5.70. The Bertz CT molecular complexity index is 604. The first kappa shape index (κ1) is 20.9. The molecule has 1 aromatic heterocycles. The molecule has 0 bridgehead atoms. The molecular formula is C21H34N4O3. The minimum atomic E-state index is 0.547. The van der Waals surface area contributed by atoms with E-state index in [0.717, 1.165) is 56.7 Å². The van der Waals surface area contributed by atoms with Crippen LogP contribution in [0.5, 0.6) is 5.88 Å². The Morgan fingerprint density at radius 1 is 1.21 bits per heavy atom. The molecule has 1 unspecified atom stereocenters. The van der Waals surface area contributed by atoms with Crippen LogP contribution in [0.3, 0.4) is 0 Å². The maximum atomic E-state index is 5.70. The summed E-state index contributed by atoms with van der Waals surface area (Å²) in [5.74, 6) is 2.96. The SMILES string of the molecule is CCNC(=NCc1ccc(OCC2CC2)nc1)N1CCC(COCCOC)C1. The predicted octanol–water partition coefficient (Wildman–Crippen LogP) is 2.32. The summed E-state index contributed by atoms with van der Waals surface area (Å²) in [6.45, 7) is 8.45. The van der Waals surface area contributed by atoms with Crippen LogP contribution in [0.4, 0.5) is 0 Å². The maximum Gasteiger partial charge on any atom is 0.213 e. The van der Waals surface area contributed by atoms with Gasteiger partial charge in [-0.2, -0.15) is 0 Å². The molecule has 1 N–H and O–H groups in total. The van der Waals surface area contributed by atoms with Gasteiger partial charge in [-0.1, -0.05) is 6.07 Å². The first-order chi connectivity index (χ1) is 13.8. The van der Waals surface area contributed by atoms with Crippen molar-refractivity contribution in [3.63, 3.8) is 0 Å². The standard InChI is InChI=1S/C21H34N4O3/c1-3-22-21(25-9-8-19(14-25)15-27-11-10-26-2)24-13-18-6-7-20(23-12-18)28-16-17-4-5-17/h6-7,12,17,19H,3-5,8-11,13-16H2,1-2H3,(H,22,24). The molecule has 2 fully saturated rings. The van der Waals surface area contributed by atoms with Crippen LogP contribution >= 0.6 is 0 Å². The average Bonchev–Trinajstić information content (AvgIpc) is 3.44. The van der Waals surface area contributed by atoms with Crippen LogP contribution in [0.2, 0.25) is 0 Å². The second-order valence-corrected chi connectivity index (χ2v) is 7.60. The van der Waals surface area contributed by atoms with Gasteiger partial charge >= 0.3 is 0 Å². The van der Waals surface area contributed by atoms with Gasteiger partial charge in [-0.05, 0) is 37.7 Å². The number of hydrogen-bond acceptors (Lipinski definition) is 5. The number of nitrogens with zero attached hydrogens (tertiary/aromatic N) is 3. The van der Waals surface area contributed by atoms with Crippen molar-refractivity contribution < 1.29 is 14.2 Å². The van der Waals surface area contributed by atoms with E-state index in [2.05, 4.69) is 28.2 Å². The molecule has 1 saturated carbocycles. The van der Waals surface area contributed by atoms with E-state index in [9.17, 15) is 0 Å². The van der Waals surface area contributed by atoms with Gasteiger partial charge in [0.05, 0.1) is 33.0 Å². The highest BCUT2D eigenvalue weighted by Crippen LogP contribution is 2.29. The molecule has 7 nitrogen and oxygen atoms in total. The van der Waals surface area contributed by atoms with Gasteiger partial charge in [-0.25, -0.2) is 9.98 Å². The third-order valence-corrected chi connectivity index (χ3v) is 5.08. The molecule has 0 amide bonds. The molecule has 1 aromatic rings. The zero-order valence-electron chi connectivity index (χ0n) is 17.2. The normalized spacial score (nSPS) is 19.9. The van der Waals surface area contributed by atoms with E-state index in [1.807, 2.05) is 12.3 Å². The van der Waals surface area contributed by atoms with Gasteiger partial charge in [0.15, 0.2) is 5.96 Å². The highest BCUT2D eigenvalue weighted by Gasteiger charge is 2.25. The zero-order valence-corrected chi connectivity index (χ0v) is 17.2. The number of ether oxygens (including phenoxy) is 3. The number of nitrogens with one attached hydrogen (secondary N) is 1. The summed E-state index contributed by atoms with van der Waals surface area (Å²) < 4.78 is 16.4. The molecule has 0 spiro atoms. The molecule has 2 heterocycles. The lowest BCUT2D eigenvalue weighted by Gasteiger charge is -2.21. The Balaban J connectivity index is 1.46. The van der Waals surface area contributed by atoms with E-state index in [0.29, 0.717) is 31.6 Å². The first-order valence-electron chi connectivity index (χ1n) is 10.5. The number of hydrogen-bond donors (Lipinski definition) is 1. The number of methoxy groups -OCH3 is 1. The van der Waals surface area contributed by atoms with Crippen LogP contribution in [-0.2, 0) is 16.0 Å². The summed E-state index contributed by atoms with van der Waals surface area (Å²) in [5.41, 5.74) is 1.09. The number of aromatic nitrogens is 1. The fraction of sp³-hybridized carbons (Fsp3) is 0.714. The third-order valence-electron chi connectivity index (χ3n) is 5.08.